The molecule has 0 saturated heterocycles. The van der Waals surface area contributed by atoms with Crippen molar-refractivity contribution in [2.45, 2.75) is 46.2 Å². The van der Waals surface area contributed by atoms with E-state index in [1.54, 1.807) is 11.3 Å². The molecule has 0 spiro atoms. The molecule has 4 rings (SSSR count). The van der Waals surface area contributed by atoms with E-state index in [1.165, 1.54) is 35.7 Å². The Bertz CT molecular complexity index is 649. The Morgan fingerprint density at radius 2 is 2.16 bits per heavy atom. The van der Waals surface area contributed by atoms with Gasteiger partial charge in [-0.3, -0.25) is 0 Å². The fourth-order valence-corrected chi connectivity index (χ4v) is 3.92. The number of nitrogens with zero attached hydrogens (tertiary/aromatic N) is 1. The van der Waals surface area contributed by atoms with Crippen LogP contribution in [0.25, 0.3) is 10.9 Å². The highest BCUT2D eigenvalue weighted by Crippen LogP contribution is 2.41. The van der Waals surface area contributed by atoms with Crippen LogP contribution in [0.3, 0.4) is 0 Å². The summed E-state index contributed by atoms with van der Waals surface area (Å²) in [6.45, 7) is 8.06. The zero-order valence-electron chi connectivity index (χ0n) is 11.9. The summed E-state index contributed by atoms with van der Waals surface area (Å²) in [7, 11) is 0. The lowest BCUT2D eigenvalue weighted by atomic mass is 9.76. The number of para-hydroxylation sites is 1. The van der Waals surface area contributed by atoms with Gasteiger partial charge in [0, 0.05) is 30.7 Å². The lowest BCUT2D eigenvalue weighted by Crippen LogP contribution is -2.24. The Balaban J connectivity index is 2.04. The van der Waals surface area contributed by atoms with Crippen molar-refractivity contribution >= 4 is 10.9 Å². The van der Waals surface area contributed by atoms with Crippen LogP contribution in [-0.2, 0) is 25.9 Å². The monoisotopic (exact) mass is 254 g/mol. The van der Waals surface area contributed by atoms with Crippen molar-refractivity contribution in [1.82, 2.24) is 9.88 Å². The maximum atomic E-state index is 3.54. The second-order valence-electron chi connectivity index (χ2n) is 6.91. The highest BCUT2D eigenvalue weighted by molar-refractivity contribution is 5.89. The molecule has 2 heterocycles. The molecule has 2 nitrogen and oxygen atoms in total. The van der Waals surface area contributed by atoms with Gasteiger partial charge in [-0.15, -0.1) is 0 Å². The normalized spacial score (nSPS) is 21.2. The first-order valence-corrected chi connectivity index (χ1v) is 7.48. The molecule has 1 N–H and O–H groups in total. The molecule has 1 aromatic carbocycles. The van der Waals surface area contributed by atoms with Crippen molar-refractivity contribution < 1.29 is 0 Å². The van der Waals surface area contributed by atoms with E-state index in [0.29, 0.717) is 5.41 Å². The third-order valence-corrected chi connectivity index (χ3v) is 4.91. The highest BCUT2D eigenvalue weighted by atomic mass is 15.0. The molecule has 0 amide bonds. The van der Waals surface area contributed by atoms with E-state index in [-0.39, 0.29) is 0 Å². The van der Waals surface area contributed by atoms with E-state index in [0.717, 1.165) is 19.6 Å². The molecule has 0 bridgehead atoms. The van der Waals surface area contributed by atoms with Gasteiger partial charge in [-0.2, -0.15) is 0 Å². The van der Waals surface area contributed by atoms with Gasteiger partial charge in [-0.05, 0) is 35.8 Å². The standard InChI is InChI=1S/C17H22N2/c1-17(2)7-6-15-14(10-17)13-5-3-4-12-11-18-8-9-19(15)16(12)13/h3-5,18H,6-11H2,1-2H3. The maximum Gasteiger partial charge on any atom is 0.0531 e. The van der Waals surface area contributed by atoms with Crippen LogP contribution in [0.4, 0.5) is 0 Å². The van der Waals surface area contributed by atoms with E-state index in [9.17, 15) is 0 Å². The number of benzene rings is 1. The van der Waals surface area contributed by atoms with Gasteiger partial charge in [0.25, 0.3) is 0 Å². The van der Waals surface area contributed by atoms with Crippen molar-refractivity contribution in [3.8, 4) is 0 Å². The van der Waals surface area contributed by atoms with Crippen LogP contribution in [0.2, 0.25) is 0 Å². The first-order chi connectivity index (χ1) is 9.16. The van der Waals surface area contributed by atoms with Crippen LogP contribution in [0.15, 0.2) is 18.2 Å². The molecule has 0 unspecified atom stereocenters. The third kappa shape index (κ3) is 1.66. The number of aromatic nitrogens is 1. The summed E-state index contributed by atoms with van der Waals surface area (Å²) in [6, 6.07) is 6.85. The van der Waals surface area contributed by atoms with E-state index in [2.05, 4.69) is 41.9 Å². The zero-order valence-corrected chi connectivity index (χ0v) is 11.9. The first-order valence-electron chi connectivity index (χ1n) is 7.48. The van der Waals surface area contributed by atoms with Crippen LogP contribution in [0, 0.1) is 5.41 Å². The highest BCUT2D eigenvalue weighted by Gasteiger charge is 2.30. The average Bonchev–Trinajstić information content (AvgIpc) is 2.55. The van der Waals surface area contributed by atoms with Crippen molar-refractivity contribution in [2.75, 3.05) is 6.54 Å². The van der Waals surface area contributed by atoms with E-state index in [1.807, 2.05) is 0 Å². The number of nitrogens with one attached hydrogen (secondary N) is 1. The van der Waals surface area contributed by atoms with E-state index >= 15 is 0 Å². The average molecular weight is 254 g/mol. The summed E-state index contributed by atoms with van der Waals surface area (Å²) < 4.78 is 2.61. The van der Waals surface area contributed by atoms with Gasteiger partial charge < -0.3 is 9.88 Å². The summed E-state index contributed by atoms with van der Waals surface area (Å²) in [5.74, 6) is 0. The molecule has 2 aromatic rings. The summed E-state index contributed by atoms with van der Waals surface area (Å²) in [5, 5.41) is 5.06. The molecule has 1 aromatic heterocycles. The van der Waals surface area contributed by atoms with Gasteiger partial charge in [-0.1, -0.05) is 32.0 Å². The Labute approximate surface area is 114 Å². The molecular formula is C17H22N2. The predicted octanol–water partition coefficient (Wildman–Crippen LogP) is 3.26. The Morgan fingerprint density at radius 1 is 1.26 bits per heavy atom. The smallest absolute Gasteiger partial charge is 0.0531 e. The minimum atomic E-state index is 0.463. The van der Waals surface area contributed by atoms with Crippen molar-refractivity contribution in [3.05, 3.63) is 35.0 Å². The molecule has 1 aliphatic heterocycles. The fourth-order valence-electron chi connectivity index (χ4n) is 3.92. The SMILES string of the molecule is CC1(C)CCc2c(c3cccc4c3n2CCNC4)C1. The molecule has 0 radical (unpaired) electrons. The van der Waals surface area contributed by atoms with Gasteiger partial charge in [0.15, 0.2) is 0 Å². The van der Waals surface area contributed by atoms with Crippen LogP contribution < -0.4 is 5.32 Å². The minimum Gasteiger partial charge on any atom is -0.343 e. The quantitative estimate of drug-likeness (QED) is 0.763. The van der Waals surface area contributed by atoms with Gasteiger partial charge in [0.2, 0.25) is 0 Å². The van der Waals surface area contributed by atoms with Gasteiger partial charge in [0.1, 0.15) is 0 Å². The van der Waals surface area contributed by atoms with Gasteiger partial charge >= 0.3 is 0 Å². The summed E-state index contributed by atoms with van der Waals surface area (Å²) in [6.07, 6.45) is 3.80. The summed E-state index contributed by atoms with van der Waals surface area (Å²) in [5.41, 5.74) is 6.70. The molecular weight excluding hydrogens is 232 g/mol. The van der Waals surface area contributed by atoms with Crippen LogP contribution in [0.5, 0.6) is 0 Å². The maximum absolute atomic E-state index is 3.54. The van der Waals surface area contributed by atoms with Crippen LogP contribution in [0.1, 0.15) is 37.1 Å². The van der Waals surface area contributed by atoms with Crippen molar-refractivity contribution in [3.63, 3.8) is 0 Å². The fraction of sp³-hybridized carbons (Fsp3) is 0.529. The van der Waals surface area contributed by atoms with Crippen molar-refractivity contribution in [2.24, 2.45) is 5.41 Å². The molecule has 0 saturated carbocycles. The lowest BCUT2D eigenvalue weighted by Gasteiger charge is -2.30. The second kappa shape index (κ2) is 3.86. The zero-order chi connectivity index (χ0) is 13.0. The molecule has 19 heavy (non-hydrogen) atoms. The summed E-state index contributed by atoms with van der Waals surface area (Å²) >= 11 is 0. The van der Waals surface area contributed by atoms with Gasteiger partial charge in [0.05, 0.1) is 5.52 Å². The number of fused-ring (bicyclic) bond motifs is 3. The number of hydrogen-bond acceptors (Lipinski definition) is 1. The van der Waals surface area contributed by atoms with Crippen LogP contribution >= 0.6 is 0 Å². The molecule has 1 aliphatic carbocycles. The second-order valence-corrected chi connectivity index (χ2v) is 6.91. The molecule has 100 valence electrons. The third-order valence-electron chi connectivity index (χ3n) is 4.91. The number of rotatable bonds is 0. The first kappa shape index (κ1) is 11.5. The topological polar surface area (TPSA) is 17.0 Å². The lowest BCUT2D eigenvalue weighted by molar-refractivity contribution is 0.311. The molecule has 0 fully saturated rings. The van der Waals surface area contributed by atoms with E-state index in [4.69, 9.17) is 0 Å². The molecule has 2 heteroatoms. The molecule has 0 atom stereocenters. The molecule has 2 aliphatic rings. The summed E-state index contributed by atoms with van der Waals surface area (Å²) in [4.78, 5) is 0. The Hall–Kier alpha value is -1.28. The van der Waals surface area contributed by atoms with Crippen molar-refractivity contribution in [1.29, 1.82) is 0 Å². The number of hydrogen-bond donors (Lipinski definition) is 1. The van der Waals surface area contributed by atoms with E-state index < -0.39 is 0 Å². The predicted molar refractivity (Wildman–Crippen MR) is 79.5 cm³/mol. The van der Waals surface area contributed by atoms with Gasteiger partial charge in [-0.25, -0.2) is 0 Å². The Morgan fingerprint density at radius 3 is 3.05 bits per heavy atom. The largest absolute Gasteiger partial charge is 0.343 e. The Kier molecular flexibility index (Phi) is 2.34. The van der Waals surface area contributed by atoms with Crippen LogP contribution in [-0.4, -0.2) is 11.1 Å². The minimum absolute atomic E-state index is 0.463.